The summed E-state index contributed by atoms with van der Waals surface area (Å²) in [5.41, 5.74) is 5.63. The van der Waals surface area contributed by atoms with Crippen molar-refractivity contribution in [3.8, 4) is 11.1 Å². The van der Waals surface area contributed by atoms with E-state index in [9.17, 15) is 13.2 Å². The average Bonchev–Trinajstić information content (AvgIpc) is 2.31. The molecule has 0 aliphatic carbocycles. The van der Waals surface area contributed by atoms with Crippen molar-refractivity contribution in [3.63, 3.8) is 0 Å². The van der Waals surface area contributed by atoms with Crippen LogP contribution in [0.15, 0.2) is 30.3 Å². The van der Waals surface area contributed by atoms with Crippen molar-refractivity contribution in [1.29, 1.82) is 0 Å². The van der Waals surface area contributed by atoms with Crippen molar-refractivity contribution in [2.45, 2.75) is 13.1 Å². The van der Waals surface area contributed by atoms with Crippen LogP contribution in [0.1, 0.15) is 11.3 Å². The lowest BCUT2D eigenvalue weighted by molar-refractivity contribution is -0.137. The highest BCUT2D eigenvalue weighted by Crippen LogP contribution is 2.38. The second-order valence-corrected chi connectivity index (χ2v) is 3.83. The van der Waals surface area contributed by atoms with E-state index in [1.807, 2.05) is 0 Å². The number of nitrogens with two attached hydrogens (primary N) is 1. The summed E-state index contributed by atoms with van der Waals surface area (Å²) in [6.07, 6.45) is -4.43. The van der Waals surface area contributed by atoms with Crippen molar-refractivity contribution in [1.82, 2.24) is 10.2 Å². The van der Waals surface area contributed by atoms with Gasteiger partial charge in [-0.2, -0.15) is 18.3 Å². The lowest BCUT2D eigenvalue weighted by atomic mass is 10.00. The molecular weight excluding hydrogens is 243 g/mol. The van der Waals surface area contributed by atoms with E-state index in [4.69, 9.17) is 5.73 Å². The number of hydrogen-bond donors (Lipinski definition) is 1. The molecule has 3 nitrogen and oxygen atoms in total. The number of alkyl halides is 3. The number of hydrogen-bond acceptors (Lipinski definition) is 3. The number of aromatic nitrogens is 2. The van der Waals surface area contributed by atoms with Crippen molar-refractivity contribution >= 4 is 5.82 Å². The maximum atomic E-state index is 12.9. The van der Waals surface area contributed by atoms with Gasteiger partial charge in [-0.15, -0.1) is 5.10 Å². The molecule has 0 aliphatic heterocycles. The minimum absolute atomic E-state index is 0.0144. The van der Waals surface area contributed by atoms with Gasteiger partial charge in [-0.3, -0.25) is 0 Å². The van der Waals surface area contributed by atoms with Gasteiger partial charge in [-0.1, -0.05) is 18.2 Å². The van der Waals surface area contributed by atoms with Gasteiger partial charge in [-0.25, -0.2) is 0 Å². The summed E-state index contributed by atoms with van der Waals surface area (Å²) in [6, 6.07) is 6.75. The fourth-order valence-electron chi connectivity index (χ4n) is 1.68. The highest BCUT2D eigenvalue weighted by atomic mass is 19.4. The second kappa shape index (κ2) is 4.29. The normalized spacial score (nSPS) is 11.6. The summed E-state index contributed by atoms with van der Waals surface area (Å²) >= 11 is 0. The number of rotatable bonds is 1. The van der Waals surface area contributed by atoms with Crippen molar-refractivity contribution in [3.05, 3.63) is 41.6 Å². The predicted octanol–water partition coefficient (Wildman–Crippen LogP) is 3.05. The van der Waals surface area contributed by atoms with Gasteiger partial charge in [0.25, 0.3) is 0 Å². The van der Waals surface area contributed by atoms with Crippen LogP contribution in [0, 0.1) is 6.92 Å². The molecule has 1 aromatic heterocycles. The number of benzene rings is 1. The van der Waals surface area contributed by atoms with Crippen LogP contribution in [0.5, 0.6) is 0 Å². The Hall–Kier alpha value is -2.11. The van der Waals surface area contributed by atoms with Crippen LogP contribution in [-0.2, 0) is 6.18 Å². The number of anilines is 1. The molecule has 0 bridgehead atoms. The Morgan fingerprint density at radius 3 is 2.39 bits per heavy atom. The third kappa shape index (κ3) is 2.27. The third-order valence-electron chi connectivity index (χ3n) is 2.47. The molecule has 0 radical (unpaired) electrons. The highest BCUT2D eigenvalue weighted by molar-refractivity contribution is 5.76. The molecule has 94 valence electrons. The molecule has 0 atom stereocenters. The summed E-state index contributed by atoms with van der Waals surface area (Å²) in [6.45, 7) is 1.64. The molecule has 2 aromatic rings. The monoisotopic (exact) mass is 253 g/mol. The molecular formula is C12H10F3N3. The van der Waals surface area contributed by atoms with E-state index < -0.39 is 11.7 Å². The summed E-state index contributed by atoms with van der Waals surface area (Å²) in [4.78, 5) is 0. The molecule has 0 fully saturated rings. The first kappa shape index (κ1) is 12.3. The molecule has 0 saturated carbocycles. The number of nitrogen functional groups attached to an aromatic ring is 1. The SMILES string of the molecule is Cc1cc(-c2ccccc2C(F)(F)F)c(N)nn1. The first-order valence-corrected chi connectivity index (χ1v) is 5.16. The molecule has 0 amide bonds. The van der Waals surface area contributed by atoms with Crippen LogP contribution in [0.3, 0.4) is 0 Å². The van der Waals surface area contributed by atoms with E-state index in [1.165, 1.54) is 24.3 Å². The fourth-order valence-corrected chi connectivity index (χ4v) is 1.68. The molecule has 0 saturated heterocycles. The largest absolute Gasteiger partial charge is 0.417 e. The molecule has 6 heteroatoms. The predicted molar refractivity (Wildman–Crippen MR) is 61.6 cm³/mol. The van der Waals surface area contributed by atoms with Gasteiger partial charge in [0.05, 0.1) is 11.3 Å². The van der Waals surface area contributed by atoms with Crippen LogP contribution in [0.25, 0.3) is 11.1 Å². The number of aryl methyl sites for hydroxylation is 1. The first-order chi connectivity index (χ1) is 8.39. The van der Waals surface area contributed by atoms with E-state index in [0.717, 1.165) is 6.07 Å². The summed E-state index contributed by atoms with van der Waals surface area (Å²) in [5.74, 6) is -0.0164. The van der Waals surface area contributed by atoms with Gasteiger partial charge in [0.2, 0.25) is 0 Å². The third-order valence-corrected chi connectivity index (χ3v) is 2.47. The molecule has 0 unspecified atom stereocenters. The number of halogens is 3. The van der Waals surface area contributed by atoms with E-state index in [1.54, 1.807) is 6.92 Å². The van der Waals surface area contributed by atoms with E-state index in [-0.39, 0.29) is 16.9 Å². The molecule has 0 spiro atoms. The van der Waals surface area contributed by atoms with Gasteiger partial charge < -0.3 is 5.73 Å². The minimum Gasteiger partial charge on any atom is -0.382 e. The van der Waals surface area contributed by atoms with Gasteiger partial charge >= 0.3 is 6.18 Å². The van der Waals surface area contributed by atoms with Crippen LogP contribution in [0.4, 0.5) is 19.0 Å². The van der Waals surface area contributed by atoms with Crippen LogP contribution >= 0.6 is 0 Å². The van der Waals surface area contributed by atoms with Gasteiger partial charge in [0.1, 0.15) is 0 Å². The summed E-state index contributed by atoms with van der Waals surface area (Å²) in [5, 5.41) is 7.34. The topological polar surface area (TPSA) is 51.8 Å². The van der Waals surface area contributed by atoms with Crippen LogP contribution < -0.4 is 5.73 Å². The van der Waals surface area contributed by atoms with E-state index in [0.29, 0.717) is 5.69 Å². The van der Waals surface area contributed by atoms with Crippen molar-refractivity contribution in [2.24, 2.45) is 0 Å². The van der Waals surface area contributed by atoms with Crippen LogP contribution in [-0.4, -0.2) is 10.2 Å². The Morgan fingerprint density at radius 1 is 1.06 bits per heavy atom. The zero-order valence-corrected chi connectivity index (χ0v) is 9.49. The average molecular weight is 253 g/mol. The summed E-state index contributed by atoms with van der Waals surface area (Å²) in [7, 11) is 0. The maximum Gasteiger partial charge on any atom is 0.417 e. The Bertz CT molecular complexity index is 579. The Morgan fingerprint density at radius 2 is 1.72 bits per heavy atom. The van der Waals surface area contributed by atoms with Crippen molar-refractivity contribution < 1.29 is 13.2 Å². The Labute approximate surface area is 101 Å². The van der Waals surface area contributed by atoms with Gasteiger partial charge in [0, 0.05) is 5.56 Å². The van der Waals surface area contributed by atoms with E-state index in [2.05, 4.69) is 10.2 Å². The smallest absolute Gasteiger partial charge is 0.382 e. The first-order valence-electron chi connectivity index (χ1n) is 5.16. The van der Waals surface area contributed by atoms with Crippen LogP contribution in [0.2, 0.25) is 0 Å². The molecule has 0 aliphatic rings. The second-order valence-electron chi connectivity index (χ2n) is 3.83. The van der Waals surface area contributed by atoms with Gasteiger partial charge in [-0.05, 0) is 24.6 Å². The zero-order valence-electron chi connectivity index (χ0n) is 9.49. The molecule has 1 aromatic carbocycles. The van der Waals surface area contributed by atoms with E-state index >= 15 is 0 Å². The molecule has 18 heavy (non-hydrogen) atoms. The Balaban J connectivity index is 2.68. The van der Waals surface area contributed by atoms with Gasteiger partial charge in [0.15, 0.2) is 5.82 Å². The minimum atomic E-state index is -4.43. The Kier molecular flexibility index (Phi) is 2.94. The van der Waals surface area contributed by atoms with Crippen molar-refractivity contribution in [2.75, 3.05) is 5.73 Å². The maximum absolute atomic E-state index is 12.9. The standard InChI is InChI=1S/C12H10F3N3/c1-7-6-9(11(16)18-17-7)8-4-2-3-5-10(8)12(13,14)15/h2-6H,1H3,(H2,16,18). The zero-order chi connectivity index (χ0) is 13.3. The quantitative estimate of drug-likeness (QED) is 0.849. The molecule has 2 N–H and O–H groups in total. The lowest BCUT2D eigenvalue weighted by Gasteiger charge is -2.13. The summed E-state index contributed by atoms with van der Waals surface area (Å²) < 4.78 is 38.7. The highest BCUT2D eigenvalue weighted by Gasteiger charge is 2.33. The number of nitrogens with zero attached hydrogens (tertiary/aromatic N) is 2. The fraction of sp³-hybridized carbons (Fsp3) is 0.167. The molecule has 2 rings (SSSR count). The molecule has 1 heterocycles. The lowest BCUT2D eigenvalue weighted by Crippen LogP contribution is -2.08.